The number of nitrogens with one attached hydrogen (secondary N) is 1. The van der Waals surface area contributed by atoms with Gasteiger partial charge in [-0.15, -0.1) is 11.3 Å². The SMILES string of the molecule is Cc1c(C(C)NC(C)c2cc3c(s2)CCCC3)cnn1C. The molecule has 4 heteroatoms. The molecular formula is C17H25N3S. The number of hydrogen-bond acceptors (Lipinski definition) is 3. The summed E-state index contributed by atoms with van der Waals surface area (Å²) in [5.41, 5.74) is 4.14. The van der Waals surface area contributed by atoms with E-state index in [9.17, 15) is 0 Å². The van der Waals surface area contributed by atoms with E-state index in [1.165, 1.54) is 41.8 Å². The molecule has 1 aliphatic rings. The fourth-order valence-electron chi connectivity index (χ4n) is 3.21. The number of fused-ring (bicyclic) bond motifs is 1. The van der Waals surface area contributed by atoms with Gasteiger partial charge in [0, 0.05) is 40.1 Å². The topological polar surface area (TPSA) is 29.9 Å². The van der Waals surface area contributed by atoms with Crippen molar-refractivity contribution < 1.29 is 0 Å². The van der Waals surface area contributed by atoms with Crippen molar-refractivity contribution in [2.45, 2.75) is 58.5 Å². The minimum absolute atomic E-state index is 0.327. The second-order valence-electron chi connectivity index (χ2n) is 6.22. The predicted octanol–water partition coefficient (Wildman–Crippen LogP) is 4.08. The number of aryl methyl sites for hydroxylation is 3. The highest BCUT2D eigenvalue weighted by Gasteiger charge is 2.19. The number of rotatable bonds is 4. The Balaban J connectivity index is 1.72. The quantitative estimate of drug-likeness (QED) is 0.922. The van der Waals surface area contributed by atoms with Crippen LogP contribution >= 0.6 is 11.3 Å². The minimum Gasteiger partial charge on any atom is -0.303 e. The first-order valence-corrected chi connectivity index (χ1v) is 8.74. The highest BCUT2D eigenvalue weighted by molar-refractivity contribution is 7.12. The van der Waals surface area contributed by atoms with Crippen molar-refractivity contribution >= 4 is 11.3 Å². The molecule has 2 aromatic rings. The maximum Gasteiger partial charge on any atom is 0.0540 e. The van der Waals surface area contributed by atoms with E-state index in [0.717, 1.165) is 0 Å². The van der Waals surface area contributed by atoms with E-state index < -0.39 is 0 Å². The number of aromatic nitrogens is 2. The van der Waals surface area contributed by atoms with Crippen LogP contribution in [-0.2, 0) is 19.9 Å². The van der Waals surface area contributed by atoms with Crippen LogP contribution in [0.1, 0.15) is 65.3 Å². The summed E-state index contributed by atoms with van der Waals surface area (Å²) in [7, 11) is 2.00. The Bertz CT molecular complexity index is 603. The van der Waals surface area contributed by atoms with Crippen molar-refractivity contribution in [2.75, 3.05) is 0 Å². The summed E-state index contributed by atoms with van der Waals surface area (Å²) >= 11 is 2.01. The monoisotopic (exact) mass is 303 g/mol. The lowest BCUT2D eigenvalue weighted by Gasteiger charge is -2.19. The predicted molar refractivity (Wildman–Crippen MR) is 88.9 cm³/mol. The number of nitrogens with zero attached hydrogens (tertiary/aromatic N) is 2. The molecule has 0 saturated carbocycles. The molecule has 3 rings (SSSR count). The van der Waals surface area contributed by atoms with Gasteiger partial charge in [-0.25, -0.2) is 0 Å². The molecule has 0 bridgehead atoms. The van der Waals surface area contributed by atoms with E-state index in [0.29, 0.717) is 12.1 Å². The van der Waals surface area contributed by atoms with Gasteiger partial charge in [-0.2, -0.15) is 5.10 Å². The molecule has 2 aromatic heterocycles. The zero-order chi connectivity index (χ0) is 15.0. The summed E-state index contributed by atoms with van der Waals surface area (Å²) in [6, 6.07) is 3.16. The molecule has 0 spiro atoms. The van der Waals surface area contributed by atoms with Crippen LogP contribution in [0.3, 0.4) is 0 Å². The minimum atomic E-state index is 0.327. The summed E-state index contributed by atoms with van der Waals surface area (Å²) in [4.78, 5) is 3.10. The first-order valence-electron chi connectivity index (χ1n) is 7.92. The van der Waals surface area contributed by atoms with E-state index in [-0.39, 0.29) is 0 Å². The van der Waals surface area contributed by atoms with E-state index in [1.54, 1.807) is 10.4 Å². The molecule has 114 valence electrons. The molecule has 0 fully saturated rings. The van der Waals surface area contributed by atoms with Gasteiger partial charge in [-0.3, -0.25) is 4.68 Å². The van der Waals surface area contributed by atoms with Crippen LogP contribution in [0.15, 0.2) is 12.3 Å². The lowest BCUT2D eigenvalue weighted by Crippen LogP contribution is -2.22. The third kappa shape index (κ3) is 2.92. The highest BCUT2D eigenvalue weighted by Crippen LogP contribution is 2.33. The first kappa shape index (κ1) is 14.8. The Labute approximate surface area is 131 Å². The zero-order valence-corrected chi connectivity index (χ0v) is 14.3. The summed E-state index contributed by atoms with van der Waals surface area (Å²) < 4.78 is 1.95. The van der Waals surface area contributed by atoms with E-state index in [2.05, 4.69) is 37.3 Å². The molecule has 3 nitrogen and oxygen atoms in total. The van der Waals surface area contributed by atoms with Crippen LogP contribution in [0.25, 0.3) is 0 Å². The average Bonchev–Trinajstić information content (AvgIpc) is 3.03. The van der Waals surface area contributed by atoms with Gasteiger partial charge >= 0.3 is 0 Å². The Morgan fingerprint density at radius 2 is 2.00 bits per heavy atom. The Hall–Kier alpha value is -1.13. The van der Waals surface area contributed by atoms with Gasteiger partial charge < -0.3 is 5.32 Å². The highest BCUT2D eigenvalue weighted by atomic mass is 32.1. The number of hydrogen-bond donors (Lipinski definition) is 1. The molecule has 0 radical (unpaired) electrons. The van der Waals surface area contributed by atoms with Crippen molar-refractivity contribution in [1.82, 2.24) is 15.1 Å². The molecule has 0 amide bonds. The van der Waals surface area contributed by atoms with Crippen LogP contribution < -0.4 is 5.32 Å². The van der Waals surface area contributed by atoms with Gasteiger partial charge in [-0.1, -0.05) is 0 Å². The van der Waals surface area contributed by atoms with Crippen LogP contribution in [0, 0.1) is 6.92 Å². The normalized spacial score (nSPS) is 17.5. The van der Waals surface area contributed by atoms with Crippen LogP contribution in [0.5, 0.6) is 0 Å². The Morgan fingerprint density at radius 3 is 2.67 bits per heavy atom. The van der Waals surface area contributed by atoms with Crippen molar-refractivity contribution in [2.24, 2.45) is 7.05 Å². The van der Waals surface area contributed by atoms with E-state index >= 15 is 0 Å². The van der Waals surface area contributed by atoms with E-state index in [4.69, 9.17) is 0 Å². The van der Waals surface area contributed by atoms with Crippen molar-refractivity contribution in [3.8, 4) is 0 Å². The summed E-state index contributed by atoms with van der Waals surface area (Å²) in [6.07, 6.45) is 7.26. The fraction of sp³-hybridized carbons (Fsp3) is 0.588. The maximum atomic E-state index is 4.35. The molecule has 2 atom stereocenters. The molecule has 2 unspecified atom stereocenters. The molecule has 1 aliphatic carbocycles. The molecule has 0 aromatic carbocycles. The van der Waals surface area contributed by atoms with Crippen LogP contribution in [0.2, 0.25) is 0 Å². The summed E-state index contributed by atoms with van der Waals surface area (Å²) in [5, 5.41) is 8.08. The largest absolute Gasteiger partial charge is 0.303 e. The Kier molecular flexibility index (Phi) is 4.18. The summed E-state index contributed by atoms with van der Waals surface area (Å²) in [6.45, 7) is 6.64. The lowest BCUT2D eigenvalue weighted by atomic mass is 9.99. The van der Waals surface area contributed by atoms with Gasteiger partial charge in [0.2, 0.25) is 0 Å². The molecule has 0 saturated heterocycles. The van der Waals surface area contributed by atoms with Gasteiger partial charge in [0.1, 0.15) is 0 Å². The molecular weight excluding hydrogens is 278 g/mol. The third-order valence-electron chi connectivity index (χ3n) is 4.68. The first-order chi connectivity index (χ1) is 10.1. The fourth-order valence-corrected chi connectivity index (χ4v) is 4.48. The second-order valence-corrected chi connectivity index (χ2v) is 7.39. The van der Waals surface area contributed by atoms with Crippen molar-refractivity contribution in [1.29, 1.82) is 0 Å². The van der Waals surface area contributed by atoms with Crippen LogP contribution in [0.4, 0.5) is 0 Å². The smallest absolute Gasteiger partial charge is 0.0540 e. The van der Waals surface area contributed by atoms with Gasteiger partial charge in [-0.05, 0) is 58.1 Å². The van der Waals surface area contributed by atoms with Crippen molar-refractivity contribution in [3.05, 3.63) is 38.8 Å². The number of thiophene rings is 1. The van der Waals surface area contributed by atoms with Gasteiger partial charge in [0.25, 0.3) is 0 Å². The second kappa shape index (κ2) is 5.93. The maximum absolute atomic E-state index is 4.35. The average molecular weight is 303 g/mol. The Morgan fingerprint density at radius 1 is 1.24 bits per heavy atom. The van der Waals surface area contributed by atoms with Crippen molar-refractivity contribution in [3.63, 3.8) is 0 Å². The zero-order valence-electron chi connectivity index (χ0n) is 13.4. The molecule has 2 heterocycles. The van der Waals surface area contributed by atoms with E-state index in [1.807, 2.05) is 29.3 Å². The summed E-state index contributed by atoms with van der Waals surface area (Å²) in [5.74, 6) is 0. The third-order valence-corrected chi connectivity index (χ3v) is 6.10. The molecule has 1 N–H and O–H groups in total. The van der Waals surface area contributed by atoms with Gasteiger partial charge in [0.15, 0.2) is 0 Å². The molecule has 21 heavy (non-hydrogen) atoms. The standard InChI is InChI=1S/C17H25N3S/c1-11(15-10-18-20(4)13(15)3)19-12(2)17-9-14-7-5-6-8-16(14)21-17/h9-12,19H,5-8H2,1-4H3. The van der Waals surface area contributed by atoms with Gasteiger partial charge in [0.05, 0.1) is 6.20 Å². The molecule has 0 aliphatic heterocycles. The van der Waals surface area contributed by atoms with Crippen LogP contribution in [-0.4, -0.2) is 9.78 Å². The lowest BCUT2D eigenvalue weighted by molar-refractivity contribution is 0.497.